The first-order valence-electron chi connectivity index (χ1n) is 8.81. The van der Waals surface area contributed by atoms with Gasteiger partial charge in [-0.05, 0) is 36.6 Å². The lowest BCUT2D eigenvalue weighted by atomic mass is 10.1. The first-order valence-corrected chi connectivity index (χ1v) is 9.61. The Morgan fingerprint density at radius 3 is 2.41 bits per heavy atom. The van der Waals surface area contributed by atoms with Crippen LogP contribution < -0.4 is 5.32 Å². The molecule has 0 atom stereocenters. The molecule has 0 aliphatic carbocycles. The number of hydrogen-bond acceptors (Lipinski definition) is 4. The number of benzene rings is 2. The summed E-state index contributed by atoms with van der Waals surface area (Å²) in [5, 5.41) is 2.86. The van der Waals surface area contributed by atoms with Crippen LogP contribution in [-0.4, -0.2) is 24.3 Å². The van der Waals surface area contributed by atoms with Gasteiger partial charge in [-0.25, -0.2) is 0 Å². The van der Waals surface area contributed by atoms with Gasteiger partial charge in [0.05, 0.1) is 0 Å². The molecule has 2 rings (SSSR count). The third kappa shape index (κ3) is 6.98. The Morgan fingerprint density at radius 1 is 1.00 bits per heavy atom. The van der Waals surface area contributed by atoms with Crippen LogP contribution in [0.25, 0.3) is 0 Å². The Balaban J connectivity index is 1.68. The van der Waals surface area contributed by atoms with Crippen molar-refractivity contribution < 1.29 is 19.1 Å². The highest BCUT2D eigenvalue weighted by molar-refractivity contribution is 9.10. The zero-order valence-corrected chi connectivity index (χ0v) is 16.8. The number of carbonyl (C=O) groups is 3. The van der Waals surface area contributed by atoms with Gasteiger partial charge in [0.2, 0.25) is 5.91 Å². The Bertz CT molecular complexity index is 802. The van der Waals surface area contributed by atoms with Crippen molar-refractivity contribution in [3.63, 3.8) is 0 Å². The number of halogens is 1. The average Bonchev–Trinajstić information content (AvgIpc) is 2.67. The summed E-state index contributed by atoms with van der Waals surface area (Å²) in [7, 11) is 0. The molecule has 142 valence electrons. The zero-order valence-electron chi connectivity index (χ0n) is 15.2. The second-order valence-corrected chi connectivity index (χ2v) is 6.92. The zero-order chi connectivity index (χ0) is 19.6. The van der Waals surface area contributed by atoms with Crippen LogP contribution in [0.3, 0.4) is 0 Å². The molecule has 1 amide bonds. The summed E-state index contributed by atoms with van der Waals surface area (Å²) in [6.07, 6.45) is 1.50. The van der Waals surface area contributed by atoms with E-state index in [9.17, 15) is 14.4 Å². The van der Waals surface area contributed by atoms with Gasteiger partial charge in [-0.15, -0.1) is 0 Å². The van der Waals surface area contributed by atoms with Gasteiger partial charge < -0.3 is 10.1 Å². The molecule has 27 heavy (non-hydrogen) atoms. The molecule has 0 fully saturated rings. The van der Waals surface area contributed by atoms with Crippen molar-refractivity contribution in [2.45, 2.75) is 32.6 Å². The standard InChI is InChI=1S/C21H22BrNO4/c1-2-15-6-3-4-7-18(15)23-20(25)8-5-9-21(26)27-14-19(24)16-10-12-17(22)13-11-16/h3-4,6-7,10-13H,2,5,8-9,14H2,1H3,(H,23,25). The number of para-hydroxylation sites is 1. The van der Waals surface area contributed by atoms with Crippen molar-refractivity contribution in [3.8, 4) is 0 Å². The van der Waals surface area contributed by atoms with Crippen molar-refractivity contribution in [1.82, 2.24) is 0 Å². The van der Waals surface area contributed by atoms with Gasteiger partial charge in [0.1, 0.15) is 0 Å². The maximum Gasteiger partial charge on any atom is 0.306 e. The second-order valence-electron chi connectivity index (χ2n) is 6.00. The van der Waals surface area contributed by atoms with Gasteiger partial charge in [0.15, 0.2) is 12.4 Å². The van der Waals surface area contributed by atoms with Crippen LogP contribution in [0, 0.1) is 0 Å². The molecular weight excluding hydrogens is 410 g/mol. The van der Waals surface area contributed by atoms with Gasteiger partial charge in [-0.2, -0.15) is 0 Å². The third-order valence-corrected chi connectivity index (χ3v) is 4.52. The molecule has 2 aromatic rings. The molecule has 1 N–H and O–H groups in total. The summed E-state index contributed by atoms with van der Waals surface area (Å²) in [5.41, 5.74) is 2.35. The van der Waals surface area contributed by atoms with Crippen LogP contribution >= 0.6 is 15.9 Å². The largest absolute Gasteiger partial charge is 0.457 e. The fourth-order valence-electron chi connectivity index (χ4n) is 2.49. The Hall–Kier alpha value is -2.47. The highest BCUT2D eigenvalue weighted by Gasteiger charge is 2.11. The summed E-state index contributed by atoms with van der Waals surface area (Å²) in [5.74, 6) is -0.887. The maximum absolute atomic E-state index is 12.0. The van der Waals surface area contributed by atoms with E-state index >= 15 is 0 Å². The highest BCUT2D eigenvalue weighted by atomic mass is 79.9. The number of ketones is 1. The Morgan fingerprint density at radius 2 is 1.70 bits per heavy atom. The molecule has 0 aliphatic heterocycles. The monoisotopic (exact) mass is 431 g/mol. The molecule has 0 aromatic heterocycles. The summed E-state index contributed by atoms with van der Waals surface area (Å²) < 4.78 is 5.86. The minimum Gasteiger partial charge on any atom is -0.457 e. The maximum atomic E-state index is 12.0. The number of Topliss-reactive ketones (excluding diaryl/α,β-unsaturated/α-hetero) is 1. The number of hydrogen-bond donors (Lipinski definition) is 1. The normalized spacial score (nSPS) is 10.3. The number of anilines is 1. The van der Waals surface area contributed by atoms with Gasteiger partial charge in [0, 0.05) is 28.6 Å². The first kappa shape index (κ1) is 20.8. The lowest BCUT2D eigenvalue weighted by Crippen LogP contribution is -2.16. The molecular formula is C21H22BrNO4. The van der Waals surface area contributed by atoms with Crippen LogP contribution in [-0.2, 0) is 20.7 Å². The average molecular weight is 432 g/mol. The van der Waals surface area contributed by atoms with E-state index in [1.54, 1.807) is 24.3 Å². The van der Waals surface area contributed by atoms with Crippen molar-refractivity contribution >= 4 is 39.3 Å². The van der Waals surface area contributed by atoms with Gasteiger partial charge >= 0.3 is 5.97 Å². The van der Waals surface area contributed by atoms with Gasteiger partial charge in [-0.3, -0.25) is 14.4 Å². The molecule has 6 heteroatoms. The fraction of sp³-hybridized carbons (Fsp3) is 0.286. The van der Waals surface area contributed by atoms with Crippen LogP contribution in [0.1, 0.15) is 42.1 Å². The highest BCUT2D eigenvalue weighted by Crippen LogP contribution is 2.16. The molecule has 0 unspecified atom stereocenters. The first-order chi connectivity index (χ1) is 13.0. The molecule has 0 aliphatic rings. The molecule has 0 heterocycles. The molecule has 0 spiro atoms. The molecule has 0 radical (unpaired) electrons. The van der Waals surface area contributed by atoms with E-state index in [1.165, 1.54) is 0 Å². The number of carbonyl (C=O) groups excluding carboxylic acids is 3. The van der Waals surface area contributed by atoms with Gasteiger partial charge in [0.25, 0.3) is 0 Å². The van der Waals surface area contributed by atoms with Crippen LogP contribution in [0.4, 0.5) is 5.69 Å². The van der Waals surface area contributed by atoms with Crippen molar-refractivity contribution in [3.05, 3.63) is 64.1 Å². The van der Waals surface area contributed by atoms with E-state index in [0.29, 0.717) is 12.0 Å². The lowest BCUT2D eigenvalue weighted by Gasteiger charge is -2.09. The van der Waals surface area contributed by atoms with Crippen molar-refractivity contribution in [1.29, 1.82) is 0 Å². The quantitative estimate of drug-likeness (QED) is 0.466. The topological polar surface area (TPSA) is 72.5 Å². The minimum atomic E-state index is -0.484. The number of amides is 1. The fourth-order valence-corrected chi connectivity index (χ4v) is 2.76. The van der Waals surface area contributed by atoms with E-state index in [0.717, 1.165) is 22.1 Å². The minimum absolute atomic E-state index is 0.0937. The number of esters is 1. The molecule has 2 aromatic carbocycles. The summed E-state index contributed by atoms with van der Waals surface area (Å²) in [6, 6.07) is 14.5. The number of rotatable bonds is 9. The third-order valence-electron chi connectivity index (χ3n) is 3.99. The Kier molecular flexibility index (Phi) is 8.20. The molecule has 0 bridgehead atoms. The smallest absolute Gasteiger partial charge is 0.306 e. The van der Waals surface area contributed by atoms with Crippen LogP contribution in [0.2, 0.25) is 0 Å². The van der Waals surface area contributed by atoms with Crippen LogP contribution in [0.15, 0.2) is 53.0 Å². The summed E-state index contributed by atoms with van der Waals surface area (Å²) >= 11 is 3.30. The molecule has 0 saturated carbocycles. The lowest BCUT2D eigenvalue weighted by molar-refractivity contribution is -0.142. The van der Waals surface area contributed by atoms with E-state index in [2.05, 4.69) is 21.2 Å². The number of ether oxygens (including phenoxy) is 1. The molecule has 5 nitrogen and oxygen atoms in total. The second kappa shape index (κ2) is 10.6. The molecule has 0 saturated heterocycles. The van der Waals surface area contributed by atoms with E-state index in [4.69, 9.17) is 4.74 Å². The van der Waals surface area contributed by atoms with E-state index in [1.807, 2.05) is 31.2 Å². The van der Waals surface area contributed by atoms with E-state index < -0.39 is 5.97 Å². The van der Waals surface area contributed by atoms with E-state index in [-0.39, 0.29) is 31.1 Å². The number of nitrogens with one attached hydrogen (secondary N) is 1. The Labute approximate surface area is 167 Å². The predicted molar refractivity (Wildman–Crippen MR) is 108 cm³/mol. The SMILES string of the molecule is CCc1ccccc1NC(=O)CCCC(=O)OCC(=O)c1ccc(Br)cc1. The van der Waals surface area contributed by atoms with Gasteiger partial charge in [-0.1, -0.05) is 53.2 Å². The number of aryl methyl sites for hydroxylation is 1. The van der Waals surface area contributed by atoms with Crippen molar-refractivity contribution in [2.24, 2.45) is 0 Å². The summed E-state index contributed by atoms with van der Waals surface area (Å²) in [4.78, 5) is 35.7. The van der Waals surface area contributed by atoms with Crippen LogP contribution in [0.5, 0.6) is 0 Å². The van der Waals surface area contributed by atoms with Crippen molar-refractivity contribution in [2.75, 3.05) is 11.9 Å². The predicted octanol–water partition coefficient (Wildman–Crippen LogP) is 4.55. The summed E-state index contributed by atoms with van der Waals surface area (Å²) in [6.45, 7) is 1.73.